The van der Waals surface area contributed by atoms with Crippen LogP contribution in [0.15, 0.2) is 29.6 Å². The number of thiophene rings is 1. The first-order chi connectivity index (χ1) is 11.4. The zero-order chi connectivity index (χ0) is 17.7. The molecule has 1 N–H and O–H groups in total. The molecule has 0 aliphatic carbocycles. The van der Waals surface area contributed by atoms with Crippen molar-refractivity contribution in [3.8, 4) is 5.75 Å². The molecule has 0 radical (unpaired) electrons. The molecule has 0 spiro atoms. The molecule has 0 aliphatic rings. The van der Waals surface area contributed by atoms with Crippen LogP contribution in [0, 0.1) is 0 Å². The first-order valence-corrected chi connectivity index (χ1v) is 8.13. The average Bonchev–Trinajstić information content (AvgIpc) is 3.06. The van der Waals surface area contributed by atoms with Gasteiger partial charge in [0.15, 0.2) is 12.4 Å². The number of benzene rings is 1. The number of amides is 2. The molecule has 9 heteroatoms. The third-order valence-electron chi connectivity index (χ3n) is 2.77. The highest BCUT2D eigenvalue weighted by Gasteiger charge is 2.17. The van der Waals surface area contributed by atoms with E-state index in [4.69, 9.17) is 32.7 Å². The molecule has 0 unspecified atom stereocenters. The Hall–Kier alpha value is -2.09. The quantitative estimate of drug-likeness (QED) is 0.796. The van der Waals surface area contributed by atoms with E-state index in [2.05, 4.69) is 5.32 Å². The molecule has 0 bridgehead atoms. The molecule has 2 rings (SSSR count). The van der Waals surface area contributed by atoms with E-state index in [0.717, 1.165) is 0 Å². The Morgan fingerprint density at radius 2 is 1.88 bits per heavy atom. The van der Waals surface area contributed by atoms with Gasteiger partial charge < -0.3 is 9.47 Å². The largest absolute Gasteiger partial charge is 0.494 e. The summed E-state index contributed by atoms with van der Waals surface area (Å²) in [5.74, 6) is -1.87. The molecule has 1 aromatic carbocycles. The molecule has 6 nitrogen and oxygen atoms in total. The highest BCUT2D eigenvalue weighted by molar-refractivity contribution is 7.12. The van der Waals surface area contributed by atoms with E-state index in [1.54, 1.807) is 17.5 Å². The molecule has 1 aromatic heterocycles. The third-order valence-corrected chi connectivity index (χ3v) is 4.20. The predicted molar refractivity (Wildman–Crippen MR) is 90.1 cm³/mol. The van der Waals surface area contributed by atoms with Crippen molar-refractivity contribution in [1.29, 1.82) is 0 Å². The number of halogens is 2. The second-order valence-corrected chi connectivity index (χ2v) is 6.17. The summed E-state index contributed by atoms with van der Waals surface area (Å²) in [6, 6.07) is 5.87. The van der Waals surface area contributed by atoms with Gasteiger partial charge in [-0.3, -0.25) is 14.9 Å². The maximum Gasteiger partial charge on any atom is 0.338 e. The van der Waals surface area contributed by atoms with Gasteiger partial charge in [-0.2, -0.15) is 0 Å². The van der Waals surface area contributed by atoms with Crippen LogP contribution in [-0.2, 0) is 9.53 Å². The van der Waals surface area contributed by atoms with E-state index in [1.165, 1.54) is 30.6 Å². The second kappa shape index (κ2) is 8.14. The van der Waals surface area contributed by atoms with E-state index >= 15 is 0 Å². The molecular weight excluding hydrogens is 377 g/mol. The predicted octanol–water partition coefficient (Wildman–Crippen LogP) is 3.18. The smallest absolute Gasteiger partial charge is 0.338 e. The standard InChI is InChI=1S/C15H11Cl2NO5S/c1-22-13-9(16)5-8(6-10(13)17)15(21)23-7-12(19)18-14(20)11-3-2-4-24-11/h2-6H,7H2,1H3,(H,18,19,20). The summed E-state index contributed by atoms with van der Waals surface area (Å²) in [4.78, 5) is 35.6. The van der Waals surface area contributed by atoms with Crippen LogP contribution in [0.3, 0.4) is 0 Å². The first kappa shape index (κ1) is 18.3. The van der Waals surface area contributed by atoms with Crippen molar-refractivity contribution in [3.63, 3.8) is 0 Å². The van der Waals surface area contributed by atoms with Gasteiger partial charge in [0.2, 0.25) is 0 Å². The van der Waals surface area contributed by atoms with Gasteiger partial charge in [-0.05, 0) is 23.6 Å². The molecule has 0 aliphatic heterocycles. The SMILES string of the molecule is COc1c(Cl)cc(C(=O)OCC(=O)NC(=O)c2cccs2)cc1Cl. The van der Waals surface area contributed by atoms with Crippen molar-refractivity contribution in [2.24, 2.45) is 0 Å². The monoisotopic (exact) mass is 387 g/mol. The van der Waals surface area contributed by atoms with Crippen molar-refractivity contribution in [3.05, 3.63) is 50.1 Å². The number of rotatable bonds is 5. The Morgan fingerprint density at radius 1 is 1.21 bits per heavy atom. The van der Waals surface area contributed by atoms with Crippen molar-refractivity contribution in [1.82, 2.24) is 5.32 Å². The van der Waals surface area contributed by atoms with Gasteiger partial charge in [0.25, 0.3) is 11.8 Å². The third kappa shape index (κ3) is 4.47. The molecular formula is C15H11Cl2NO5S. The van der Waals surface area contributed by atoms with Crippen LogP contribution in [-0.4, -0.2) is 31.5 Å². The Kier molecular flexibility index (Phi) is 6.19. The second-order valence-electron chi connectivity index (χ2n) is 4.40. The number of esters is 1. The lowest BCUT2D eigenvalue weighted by Gasteiger charge is -2.09. The van der Waals surface area contributed by atoms with Crippen LogP contribution in [0.1, 0.15) is 20.0 Å². The summed E-state index contributed by atoms with van der Waals surface area (Å²) in [5, 5.41) is 4.09. The highest BCUT2D eigenvalue weighted by atomic mass is 35.5. The van der Waals surface area contributed by atoms with E-state index in [1.807, 2.05) is 0 Å². The fourth-order valence-corrected chi connectivity index (χ4v) is 2.98. The molecule has 0 atom stereocenters. The first-order valence-electron chi connectivity index (χ1n) is 6.50. The average molecular weight is 388 g/mol. The number of methoxy groups -OCH3 is 1. The number of imide groups is 1. The van der Waals surface area contributed by atoms with E-state index in [9.17, 15) is 14.4 Å². The van der Waals surface area contributed by atoms with Crippen LogP contribution < -0.4 is 10.1 Å². The molecule has 2 amide bonds. The number of ether oxygens (including phenoxy) is 2. The number of carbonyl (C=O) groups is 3. The molecule has 1 heterocycles. The molecule has 0 saturated carbocycles. The minimum atomic E-state index is -0.805. The normalized spacial score (nSPS) is 10.1. The minimum absolute atomic E-state index is 0.0585. The summed E-state index contributed by atoms with van der Waals surface area (Å²) < 4.78 is 9.80. The van der Waals surface area contributed by atoms with E-state index in [-0.39, 0.29) is 21.4 Å². The van der Waals surface area contributed by atoms with Gasteiger partial charge in [-0.25, -0.2) is 4.79 Å². The summed E-state index contributed by atoms with van der Waals surface area (Å²) in [6.07, 6.45) is 0. The van der Waals surface area contributed by atoms with Crippen LogP contribution in [0.25, 0.3) is 0 Å². The number of nitrogens with one attached hydrogen (secondary N) is 1. The maximum absolute atomic E-state index is 11.9. The zero-order valence-corrected chi connectivity index (χ0v) is 14.6. The number of hydrogen-bond donors (Lipinski definition) is 1. The summed E-state index contributed by atoms with van der Waals surface area (Å²) >= 11 is 13.0. The Balaban J connectivity index is 1.93. The van der Waals surface area contributed by atoms with Crippen molar-refractivity contribution in [2.45, 2.75) is 0 Å². The van der Waals surface area contributed by atoms with Crippen molar-refractivity contribution in [2.75, 3.05) is 13.7 Å². The van der Waals surface area contributed by atoms with Gasteiger partial charge in [0, 0.05) is 0 Å². The molecule has 0 fully saturated rings. The minimum Gasteiger partial charge on any atom is -0.494 e. The van der Waals surface area contributed by atoms with E-state index in [0.29, 0.717) is 4.88 Å². The van der Waals surface area contributed by atoms with Gasteiger partial charge in [0.1, 0.15) is 0 Å². The summed E-state index contributed by atoms with van der Waals surface area (Å²) in [7, 11) is 1.39. The zero-order valence-electron chi connectivity index (χ0n) is 12.3. The van der Waals surface area contributed by atoms with Crippen molar-refractivity contribution >= 4 is 52.3 Å². The maximum atomic E-state index is 11.9. The lowest BCUT2D eigenvalue weighted by molar-refractivity contribution is -0.123. The van der Waals surface area contributed by atoms with Gasteiger partial charge in [-0.15, -0.1) is 11.3 Å². The van der Waals surface area contributed by atoms with Crippen LogP contribution >= 0.6 is 34.5 Å². The lowest BCUT2D eigenvalue weighted by Crippen LogP contribution is -2.33. The van der Waals surface area contributed by atoms with Gasteiger partial charge in [-0.1, -0.05) is 29.3 Å². The molecule has 0 saturated heterocycles. The fourth-order valence-electron chi connectivity index (χ4n) is 1.72. The number of carbonyl (C=O) groups excluding carboxylic acids is 3. The van der Waals surface area contributed by atoms with Crippen molar-refractivity contribution < 1.29 is 23.9 Å². The summed E-state index contributed by atoms with van der Waals surface area (Å²) in [5.41, 5.74) is 0.0585. The Labute approximate surface area is 151 Å². The number of hydrogen-bond acceptors (Lipinski definition) is 6. The lowest BCUT2D eigenvalue weighted by atomic mass is 10.2. The molecule has 24 heavy (non-hydrogen) atoms. The fraction of sp³-hybridized carbons (Fsp3) is 0.133. The topological polar surface area (TPSA) is 81.7 Å². The Morgan fingerprint density at radius 3 is 2.42 bits per heavy atom. The molecule has 126 valence electrons. The van der Waals surface area contributed by atoms with Gasteiger partial charge in [0.05, 0.1) is 27.6 Å². The van der Waals surface area contributed by atoms with Gasteiger partial charge >= 0.3 is 5.97 Å². The highest BCUT2D eigenvalue weighted by Crippen LogP contribution is 2.33. The Bertz CT molecular complexity index is 753. The van der Waals surface area contributed by atoms with E-state index < -0.39 is 24.4 Å². The summed E-state index contributed by atoms with van der Waals surface area (Å²) in [6.45, 7) is -0.614. The van der Waals surface area contributed by atoms with Crippen LogP contribution in [0.2, 0.25) is 10.0 Å². The molecule has 2 aromatic rings. The van der Waals surface area contributed by atoms with Crippen LogP contribution in [0.5, 0.6) is 5.75 Å². The van der Waals surface area contributed by atoms with Crippen LogP contribution in [0.4, 0.5) is 0 Å².